The summed E-state index contributed by atoms with van der Waals surface area (Å²) in [5.74, 6) is 1.21. The number of nitrogens with zero attached hydrogens (tertiary/aromatic N) is 1. The molecule has 3 aromatic rings. The van der Waals surface area contributed by atoms with E-state index in [0.29, 0.717) is 23.0 Å². The summed E-state index contributed by atoms with van der Waals surface area (Å²) in [6, 6.07) is 9.83. The molecular weight excluding hydrogens is 399 g/mol. The molecule has 2 aromatic carbocycles. The molecule has 1 heterocycles. The highest BCUT2D eigenvalue weighted by molar-refractivity contribution is 5.72. The van der Waals surface area contributed by atoms with Crippen molar-refractivity contribution in [3.63, 3.8) is 0 Å². The zero-order valence-corrected chi connectivity index (χ0v) is 16.7. The summed E-state index contributed by atoms with van der Waals surface area (Å²) in [5.41, 5.74) is 0.669. The number of hydrogen-bond donors (Lipinski definition) is 0. The molecule has 0 aliphatic carbocycles. The van der Waals surface area contributed by atoms with Gasteiger partial charge in [-0.05, 0) is 55.8 Å². The maximum atomic E-state index is 12.9. The van der Waals surface area contributed by atoms with Crippen LogP contribution in [0.25, 0.3) is 11.5 Å². The highest BCUT2D eigenvalue weighted by atomic mass is 19.4. The predicted molar refractivity (Wildman–Crippen MR) is 103 cm³/mol. The normalized spacial score (nSPS) is 11.4. The van der Waals surface area contributed by atoms with Gasteiger partial charge in [0.15, 0.2) is 0 Å². The molecule has 0 aliphatic heterocycles. The Morgan fingerprint density at radius 1 is 1.13 bits per heavy atom. The first-order valence-electron chi connectivity index (χ1n) is 9.25. The number of rotatable bonds is 6. The van der Waals surface area contributed by atoms with E-state index in [1.807, 2.05) is 0 Å². The van der Waals surface area contributed by atoms with Gasteiger partial charge in [0, 0.05) is 12.0 Å². The highest BCUT2D eigenvalue weighted by Crippen LogP contribution is 2.32. The van der Waals surface area contributed by atoms with E-state index in [0.717, 1.165) is 17.7 Å². The van der Waals surface area contributed by atoms with Crippen LogP contribution in [0.5, 0.6) is 11.5 Å². The maximum Gasteiger partial charge on any atom is 0.416 e. The van der Waals surface area contributed by atoms with Gasteiger partial charge >= 0.3 is 12.1 Å². The molecule has 158 valence electrons. The Hall–Kier alpha value is -3.29. The van der Waals surface area contributed by atoms with Crippen molar-refractivity contribution < 1.29 is 31.9 Å². The van der Waals surface area contributed by atoms with Gasteiger partial charge in [-0.3, -0.25) is 4.79 Å². The Balaban J connectivity index is 1.73. The standard InChI is InChI=1S/C22H20F3NO4/c1-4-20(27)30-19-9-8-17(10-13(19)2)28-12-18-14(3)29-21(26-18)15-6-5-7-16(11-15)22(23,24)25/h5-11H,4,12H2,1-3H3. The fraction of sp³-hybridized carbons (Fsp3) is 0.273. The van der Waals surface area contributed by atoms with Gasteiger partial charge in [-0.1, -0.05) is 13.0 Å². The third-order valence-corrected chi connectivity index (χ3v) is 4.36. The van der Waals surface area contributed by atoms with E-state index in [-0.39, 0.29) is 30.5 Å². The van der Waals surface area contributed by atoms with Crippen molar-refractivity contribution in [1.82, 2.24) is 4.98 Å². The minimum atomic E-state index is -4.45. The zero-order valence-electron chi connectivity index (χ0n) is 16.7. The number of carbonyl (C=O) groups excluding carboxylic acids is 1. The lowest BCUT2D eigenvalue weighted by atomic mass is 10.1. The average molecular weight is 419 g/mol. The number of halogens is 3. The number of carbonyl (C=O) groups is 1. The summed E-state index contributed by atoms with van der Waals surface area (Å²) in [5, 5.41) is 0. The summed E-state index contributed by atoms with van der Waals surface area (Å²) in [6.45, 7) is 5.24. The fourth-order valence-electron chi connectivity index (χ4n) is 2.69. The van der Waals surface area contributed by atoms with E-state index in [4.69, 9.17) is 13.9 Å². The van der Waals surface area contributed by atoms with Crippen LogP contribution >= 0.6 is 0 Å². The third kappa shape index (κ3) is 5.00. The maximum absolute atomic E-state index is 12.9. The third-order valence-electron chi connectivity index (χ3n) is 4.36. The molecule has 0 unspecified atom stereocenters. The van der Waals surface area contributed by atoms with Crippen LogP contribution < -0.4 is 9.47 Å². The lowest BCUT2D eigenvalue weighted by molar-refractivity contribution is -0.137. The fourth-order valence-corrected chi connectivity index (χ4v) is 2.69. The summed E-state index contributed by atoms with van der Waals surface area (Å²) in [7, 11) is 0. The minimum absolute atomic E-state index is 0.0713. The van der Waals surface area contributed by atoms with Gasteiger partial charge in [0.2, 0.25) is 5.89 Å². The Bertz CT molecular complexity index is 1060. The van der Waals surface area contributed by atoms with Crippen LogP contribution in [-0.2, 0) is 17.6 Å². The Kier molecular flexibility index (Phi) is 6.14. The Morgan fingerprint density at radius 3 is 2.57 bits per heavy atom. The Morgan fingerprint density at radius 2 is 1.90 bits per heavy atom. The molecule has 3 rings (SSSR count). The lowest BCUT2D eigenvalue weighted by Gasteiger charge is -2.09. The highest BCUT2D eigenvalue weighted by Gasteiger charge is 2.30. The molecule has 8 heteroatoms. The first-order chi connectivity index (χ1) is 14.2. The molecule has 0 bridgehead atoms. The van der Waals surface area contributed by atoms with E-state index in [2.05, 4.69) is 4.98 Å². The van der Waals surface area contributed by atoms with Crippen LogP contribution in [0.2, 0.25) is 0 Å². The van der Waals surface area contributed by atoms with Crippen molar-refractivity contribution in [2.24, 2.45) is 0 Å². The van der Waals surface area contributed by atoms with Gasteiger partial charge in [-0.2, -0.15) is 13.2 Å². The van der Waals surface area contributed by atoms with Gasteiger partial charge in [0.05, 0.1) is 5.56 Å². The molecule has 0 fully saturated rings. The number of ether oxygens (including phenoxy) is 2. The van der Waals surface area contributed by atoms with Crippen LogP contribution in [0, 0.1) is 13.8 Å². The molecule has 0 saturated heterocycles. The largest absolute Gasteiger partial charge is 0.487 e. The van der Waals surface area contributed by atoms with Crippen molar-refractivity contribution in [2.75, 3.05) is 0 Å². The van der Waals surface area contributed by atoms with E-state index in [9.17, 15) is 18.0 Å². The molecule has 0 radical (unpaired) electrons. The van der Waals surface area contributed by atoms with E-state index in [1.54, 1.807) is 39.0 Å². The van der Waals surface area contributed by atoms with Gasteiger partial charge < -0.3 is 13.9 Å². The number of hydrogen-bond acceptors (Lipinski definition) is 5. The monoisotopic (exact) mass is 419 g/mol. The van der Waals surface area contributed by atoms with Crippen molar-refractivity contribution in [1.29, 1.82) is 0 Å². The molecule has 0 spiro atoms. The first kappa shape index (κ1) is 21.4. The molecule has 5 nitrogen and oxygen atoms in total. The molecule has 1 aromatic heterocycles. The van der Waals surface area contributed by atoms with Crippen LogP contribution in [0.1, 0.15) is 35.9 Å². The van der Waals surface area contributed by atoms with Gasteiger partial charge in [-0.25, -0.2) is 4.98 Å². The summed E-state index contributed by atoms with van der Waals surface area (Å²) in [6.07, 6.45) is -4.17. The van der Waals surface area contributed by atoms with Crippen molar-refractivity contribution >= 4 is 5.97 Å². The van der Waals surface area contributed by atoms with Crippen LogP contribution in [0.15, 0.2) is 46.9 Å². The molecule has 0 atom stereocenters. The molecule has 0 N–H and O–H groups in total. The van der Waals surface area contributed by atoms with Gasteiger partial charge in [0.1, 0.15) is 29.6 Å². The number of benzene rings is 2. The van der Waals surface area contributed by atoms with Gasteiger partial charge in [-0.15, -0.1) is 0 Å². The van der Waals surface area contributed by atoms with Crippen molar-refractivity contribution in [3.05, 3.63) is 65.0 Å². The van der Waals surface area contributed by atoms with Gasteiger partial charge in [0.25, 0.3) is 0 Å². The molecule has 0 aliphatic rings. The predicted octanol–water partition coefficient (Wildman–Crippen LogP) is 5.87. The lowest BCUT2D eigenvalue weighted by Crippen LogP contribution is -2.06. The summed E-state index contributed by atoms with van der Waals surface area (Å²) >= 11 is 0. The molecule has 0 amide bonds. The Labute approximate surface area is 171 Å². The summed E-state index contributed by atoms with van der Waals surface area (Å²) < 4.78 is 55.3. The average Bonchev–Trinajstić information content (AvgIpc) is 3.08. The molecular formula is C22H20F3NO4. The quantitative estimate of drug-likeness (QED) is 0.369. The van der Waals surface area contributed by atoms with E-state index >= 15 is 0 Å². The topological polar surface area (TPSA) is 61.6 Å². The minimum Gasteiger partial charge on any atom is -0.487 e. The number of alkyl halides is 3. The molecule has 30 heavy (non-hydrogen) atoms. The summed E-state index contributed by atoms with van der Waals surface area (Å²) in [4.78, 5) is 15.7. The molecule has 0 saturated carbocycles. The van der Waals surface area contributed by atoms with Crippen LogP contribution in [0.3, 0.4) is 0 Å². The van der Waals surface area contributed by atoms with Crippen molar-refractivity contribution in [3.8, 4) is 23.0 Å². The van der Waals surface area contributed by atoms with Crippen LogP contribution in [0.4, 0.5) is 13.2 Å². The second-order valence-electron chi connectivity index (χ2n) is 6.64. The SMILES string of the molecule is CCC(=O)Oc1ccc(OCc2nc(-c3cccc(C(F)(F)F)c3)oc2C)cc1C. The second kappa shape index (κ2) is 8.61. The number of aromatic nitrogens is 1. The number of esters is 1. The second-order valence-corrected chi connectivity index (χ2v) is 6.64. The van der Waals surface area contributed by atoms with E-state index in [1.165, 1.54) is 12.1 Å². The smallest absolute Gasteiger partial charge is 0.416 e. The first-order valence-corrected chi connectivity index (χ1v) is 9.25. The number of oxazole rings is 1. The van der Waals surface area contributed by atoms with Crippen molar-refractivity contribution in [2.45, 2.75) is 40.0 Å². The van der Waals surface area contributed by atoms with Crippen LogP contribution in [-0.4, -0.2) is 11.0 Å². The van der Waals surface area contributed by atoms with E-state index < -0.39 is 11.7 Å². The number of aryl methyl sites for hydroxylation is 2. The zero-order chi connectivity index (χ0) is 21.9.